The summed E-state index contributed by atoms with van der Waals surface area (Å²) in [5.41, 5.74) is 1.15. The largest absolute Gasteiger partial charge is 0.478 e. The molecule has 0 bridgehead atoms. The first-order valence-electron chi connectivity index (χ1n) is 7.90. The lowest BCUT2D eigenvalue weighted by molar-refractivity contribution is 0.0699. The number of rotatable bonds is 4. The number of aromatic nitrogens is 1. The van der Waals surface area contributed by atoms with Gasteiger partial charge in [-0.1, -0.05) is 23.7 Å². The van der Waals surface area contributed by atoms with Crippen molar-refractivity contribution in [3.63, 3.8) is 0 Å². The Morgan fingerprint density at radius 2 is 1.93 bits per heavy atom. The van der Waals surface area contributed by atoms with E-state index >= 15 is 0 Å². The van der Waals surface area contributed by atoms with E-state index in [-0.39, 0.29) is 22.7 Å². The molecule has 0 aliphatic heterocycles. The van der Waals surface area contributed by atoms with Crippen LogP contribution in [0.2, 0.25) is 5.02 Å². The standard InChI is InChI=1S/C19H10ClFN2O4S/c20-10-3-1-9(2-4-10)16-15(19(25)26)13(8-28-16)22-17(24)18-23-12-6-5-11(21)7-14(12)27-18/h1-8H,(H,22,24)(H,25,26). The minimum atomic E-state index is -1.19. The van der Waals surface area contributed by atoms with E-state index in [1.54, 1.807) is 24.3 Å². The Bertz CT molecular complexity index is 1220. The Hall–Kier alpha value is -3.23. The van der Waals surface area contributed by atoms with E-state index in [0.717, 1.165) is 6.07 Å². The summed E-state index contributed by atoms with van der Waals surface area (Å²) >= 11 is 7.04. The minimum Gasteiger partial charge on any atom is -0.478 e. The number of anilines is 1. The van der Waals surface area contributed by atoms with Gasteiger partial charge in [0.1, 0.15) is 16.9 Å². The lowest BCUT2D eigenvalue weighted by atomic mass is 10.1. The molecule has 140 valence electrons. The van der Waals surface area contributed by atoms with E-state index in [1.807, 2.05) is 0 Å². The predicted octanol–water partition coefficient (Wildman–Crippen LogP) is 5.30. The number of amides is 1. The molecule has 6 nitrogen and oxygen atoms in total. The molecule has 0 spiro atoms. The van der Waals surface area contributed by atoms with Crippen LogP contribution >= 0.6 is 22.9 Å². The van der Waals surface area contributed by atoms with E-state index < -0.39 is 17.7 Å². The van der Waals surface area contributed by atoms with Crippen LogP contribution in [-0.2, 0) is 0 Å². The first-order chi connectivity index (χ1) is 13.4. The lowest BCUT2D eigenvalue weighted by Crippen LogP contribution is -2.14. The lowest BCUT2D eigenvalue weighted by Gasteiger charge is -2.04. The second-order valence-electron chi connectivity index (χ2n) is 5.75. The molecule has 2 N–H and O–H groups in total. The number of oxazole rings is 1. The van der Waals surface area contributed by atoms with Crippen LogP contribution in [0.25, 0.3) is 21.5 Å². The maximum atomic E-state index is 13.3. The second-order valence-corrected chi connectivity index (χ2v) is 7.07. The Labute approximate surface area is 166 Å². The second kappa shape index (κ2) is 7.06. The van der Waals surface area contributed by atoms with E-state index in [9.17, 15) is 19.1 Å². The fraction of sp³-hybridized carbons (Fsp3) is 0. The fourth-order valence-electron chi connectivity index (χ4n) is 2.65. The zero-order chi connectivity index (χ0) is 19.8. The topological polar surface area (TPSA) is 92.4 Å². The van der Waals surface area contributed by atoms with Gasteiger partial charge in [-0.3, -0.25) is 4.79 Å². The number of carboxylic acids is 1. The smallest absolute Gasteiger partial charge is 0.339 e. The quantitative estimate of drug-likeness (QED) is 0.471. The number of benzene rings is 2. The van der Waals surface area contributed by atoms with Crippen LogP contribution in [0, 0.1) is 5.82 Å². The van der Waals surface area contributed by atoms with Crippen LogP contribution in [0.1, 0.15) is 21.0 Å². The highest BCUT2D eigenvalue weighted by molar-refractivity contribution is 7.14. The summed E-state index contributed by atoms with van der Waals surface area (Å²) < 4.78 is 18.5. The Morgan fingerprint density at radius 3 is 2.64 bits per heavy atom. The van der Waals surface area contributed by atoms with Crippen molar-refractivity contribution >= 4 is 51.6 Å². The van der Waals surface area contributed by atoms with Gasteiger partial charge in [-0.15, -0.1) is 11.3 Å². The highest BCUT2D eigenvalue weighted by Crippen LogP contribution is 2.36. The Balaban J connectivity index is 1.67. The Morgan fingerprint density at radius 1 is 1.18 bits per heavy atom. The summed E-state index contributed by atoms with van der Waals surface area (Å²) in [6.45, 7) is 0. The zero-order valence-electron chi connectivity index (χ0n) is 13.9. The number of aromatic carboxylic acids is 1. The number of hydrogen-bond acceptors (Lipinski definition) is 5. The third-order valence-corrected chi connectivity index (χ3v) is 5.19. The normalized spacial score (nSPS) is 10.9. The number of nitrogens with zero attached hydrogens (tertiary/aromatic N) is 1. The van der Waals surface area contributed by atoms with E-state index in [0.29, 0.717) is 21.0 Å². The van der Waals surface area contributed by atoms with Crippen LogP contribution in [0.3, 0.4) is 0 Å². The van der Waals surface area contributed by atoms with Crippen molar-refractivity contribution in [2.75, 3.05) is 5.32 Å². The number of thiophene rings is 1. The van der Waals surface area contributed by atoms with Gasteiger partial charge in [0.05, 0.1) is 10.6 Å². The van der Waals surface area contributed by atoms with Gasteiger partial charge in [0.2, 0.25) is 0 Å². The molecule has 0 aliphatic rings. The van der Waals surface area contributed by atoms with Gasteiger partial charge < -0.3 is 14.8 Å². The van der Waals surface area contributed by atoms with Crippen molar-refractivity contribution in [1.29, 1.82) is 0 Å². The molecule has 0 atom stereocenters. The SMILES string of the molecule is O=C(Nc1csc(-c2ccc(Cl)cc2)c1C(=O)O)c1nc2ccc(F)cc2o1. The van der Waals surface area contributed by atoms with Crippen LogP contribution < -0.4 is 5.32 Å². The average molecular weight is 417 g/mol. The maximum Gasteiger partial charge on any atom is 0.339 e. The fourth-order valence-corrected chi connectivity index (χ4v) is 3.77. The molecule has 0 aliphatic carbocycles. The van der Waals surface area contributed by atoms with Gasteiger partial charge in [0.25, 0.3) is 5.89 Å². The number of fused-ring (bicyclic) bond motifs is 1. The van der Waals surface area contributed by atoms with Crippen molar-refractivity contribution in [1.82, 2.24) is 4.98 Å². The van der Waals surface area contributed by atoms with Crippen molar-refractivity contribution < 1.29 is 23.5 Å². The third kappa shape index (κ3) is 3.35. The summed E-state index contributed by atoms with van der Waals surface area (Å²) in [4.78, 5) is 28.7. The highest BCUT2D eigenvalue weighted by atomic mass is 35.5. The van der Waals surface area contributed by atoms with Crippen molar-refractivity contribution in [2.24, 2.45) is 0 Å². The molecule has 28 heavy (non-hydrogen) atoms. The number of carbonyl (C=O) groups excluding carboxylic acids is 1. The molecular formula is C19H10ClFN2O4S. The molecule has 2 heterocycles. The molecule has 4 rings (SSSR count). The highest BCUT2D eigenvalue weighted by Gasteiger charge is 2.23. The molecule has 1 amide bonds. The van der Waals surface area contributed by atoms with Crippen LogP contribution in [0.4, 0.5) is 10.1 Å². The third-order valence-electron chi connectivity index (χ3n) is 3.90. The summed E-state index contributed by atoms with van der Waals surface area (Å²) in [5.74, 6) is -2.74. The summed E-state index contributed by atoms with van der Waals surface area (Å²) in [6.07, 6.45) is 0. The number of halogens is 2. The summed E-state index contributed by atoms with van der Waals surface area (Å²) in [5, 5.41) is 14.2. The van der Waals surface area contributed by atoms with Crippen LogP contribution in [0.15, 0.2) is 52.3 Å². The molecule has 0 radical (unpaired) electrons. The van der Waals surface area contributed by atoms with Gasteiger partial charge in [-0.05, 0) is 29.8 Å². The molecule has 0 fully saturated rings. The molecule has 9 heteroatoms. The first-order valence-corrected chi connectivity index (χ1v) is 9.16. The minimum absolute atomic E-state index is 0.0529. The monoisotopic (exact) mass is 416 g/mol. The predicted molar refractivity (Wildman–Crippen MR) is 104 cm³/mol. The number of carbonyl (C=O) groups is 2. The number of hydrogen-bond donors (Lipinski definition) is 2. The molecule has 2 aromatic carbocycles. The van der Waals surface area contributed by atoms with Gasteiger partial charge in [0.15, 0.2) is 5.58 Å². The van der Waals surface area contributed by atoms with Crippen molar-refractivity contribution in [3.05, 3.63) is 70.1 Å². The summed E-state index contributed by atoms with van der Waals surface area (Å²) in [6, 6.07) is 10.4. The van der Waals surface area contributed by atoms with E-state index in [4.69, 9.17) is 16.0 Å². The van der Waals surface area contributed by atoms with Gasteiger partial charge in [-0.25, -0.2) is 14.2 Å². The van der Waals surface area contributed by atoms with Crippen molar-refractivity contribution in [2.45, 2.75) is 0 Å². The number of nitrogens with one attached hydrogen (secondary N) is 1. The molecule has 0 unspecified atom stereocenters. The first kappa shape index (κ1) is 18.1. The average Bonchev–Trinajstić information content (AvgIpc) is 3.26. The zero-order valence-corrected chi connectivity index (χ0v) is 15.5. The van der Waals surface area contributed by atoms with Gasteiger partial charge in [-0.2, -0.15) is 0 Å². The van der Waals surface area contributed by atoms with Crippen LogP contribution in [0.5, 0.6) is 0 Å². The molecule has 0 saturated carbocycles. The van der Waals surface area contributed by atoms with Crippen molar-refractivity contribution in [3.8, 4) is 10.4 Å². The Kier molecular flexibility index (Phi) is 4.58. The van der Waals surface area contributed by atoms with Crippen LogP contribution in [-0.4, -0.2) is 22.0 Å². The maximum absolute atomic E-state index is 13.3. The number of carboxylic acid groups (broad SMARTS) is 1. The van der Waals surface area contributed by atoms with E-state index in [1.165, 1.54) is 28.8 Å². The van der Waals surface area contributed by atoms with Gasteiger partial charge in [0, 0.05) is 16.5 Å². The van der Waals surface area contributed by atoms with Gasteiger partial charge >= 0.3 is 11.9 Å². The molecule has 2 aromatic heterocycles. The molecular weight excluding hydrogens is 407 g/mol. The molecule has 4 aromatic rings. The van der Waals surface area contributed by atoms with E-state index in [2.05, 4.69) is 10.3 Å². The molecule has 0 saturated heterocycles. The summed E-state index contributed by atoms with van der Waals surface area (Å²) in [7, 11) is 0.